The molecule has 5 rings (SSSR count). The van der Waals surface area contributed by atoms with Crippen LogP contribution in [0.3, 0.4) is 0 Å². The summed E-state index contributed by atoms with van der Waals surface area (Å²) < 4.78 is 0. The Hall–Kier alpha value is -6.00. The summed E-state index contributed by atoms with van der Waals surface area (Å²) in [7, 11) is 0. The van der Waals surface area contributed by atoms with Crippen molar-refractivity contribution in [2.45, 2.75) is 17.1 Å². The number of carbonyl (C=O) groups is 3. The van der Waals surface area contributed by atoms with Gasteiger partial charge in [0.1, 0.15) is 10.9 Å². The van der Waals surface area contributed by atoms with Gasteiger partial charge in [-0.05, 0) is 78.7 Å². The van der Waals surface area contributed by atoms with E-state index in [-0.39, 0.29) is 22.9 Å². The molecule has 0 aliphatic rings. The average Bonchev–Trinajstić information content (AvgIpc) is 3.08. The monoisotopic (exact) mass is 642 g/mol. The maximum absolute atomic E-state index is 13.5. The predicted molar refractivity (Wildman–Crippen MR) is 185 cm³/mol. The van der Waals surface area contributed by atoms with Crippen LogP contribution in [0.5, 0.6) is 0 Å². The summed E-state index contributed by atoms with van der Waals surface area (Å²) in [6, 6.07) is 38.2. The van der Waals surface area contributed by atoms with Gasteiger partial charge >= 0.3 is 0 Å². The molecule has 5 aromatic carbocycles. The van der Waals surface area contributed by atoms with Crippen molar-refractivity contribution >= 4 is 52.6 Å². The normalized spacial score (nSPS) is 11.6. The molecule has 0 bridgehead atoms. The van der Waals surface area contributed by atoms with Gasteiger partial charge in [-0.25, -0.2) is 0 Å². The molecule has 0 heterocycles. The largest absolute Gasteiger partial charge is 0.325 e. The zero-order chi connectivity index (χ0) is 33.2. The molecule has 47 heavy (non-hydrogen) atoms. The molecule has 10 heteroatoms. The highest BCUT2D eigenvalue weighted by Gasteiger charge is 2.23. The van der Waals surface area contributed by atoms with E-state index in [9.17, 15) is 24.5 Å². The van der Waals surface area contributed by atoms with Crippen LogP contribution < -0.4 is 16.0 Å². The summed E-state index contributed by atoms with van der Waals surface area (Å²) >= 11 is 1.36. The molecule has 0 saturated carbocycles. The zero-order valence-electron chi connectivity index (χ0n) is 25.3. The molecule has 0 aromatic heterocycles. The minimum absolute atomic E-state index is 0.152. The number of nitrogens with zero attached hydrogens (tertiary/aromatic N) is 1. The zero-order valence-corrected chi connectivity index (χ0v) is 26.1. The highest BCUT2D eigenvalue weighted by atomic mass is 32.2. The number of hydrogen-bond acceptors (Lipinski definition) is 6. The van der Waals surface area contributed by atoms with Gasteiger partial charge in [0, 0.05) is 27.9 Å². The van der Waals surface area contributed by atoms with Gasteiger partial charge in [0.25, 0.3) is 17.5 Å². The molecule has 3 amide bonds. The van der Waals surface area contributed by atoms with E-state index < -0.39 is 22.0 Å². The van der Waals surface area contributed by atoms with Crippen LogP contribution >= 0.6 is 11.8 Å². The topological polar surface area (TPSA) is 130 Å². The summed E-state index contributed by atoms with van der Waals surface area (Å²) in [6.45, 7) is 1.96. The molecule has 0 aliphatic carbocycles. The maximum atomic E-state index is 13.5. The number of rotatable bonds is 11. The summed E-state index contributed by atoms with van der Waals surface area (Å²) in [6.07, 6.45) is 1.27. The lowest BCUT2D eigenvalue weighted by Crippen LogP contribution is -2.30. The van der Waals surface area contributed by atoms with Gasteiger partial charge in [0.15, 0.2) is 0 Å². The fraction of sp³-hybridized carbons (Fsp3) is 0.0541. The molecule has 5 aromatic rings. The van der Waals surface area contributed by atoms with Gasteiger partial charge in [-0.2, -0.15) is 0 Å². The van der Waals surface area contributed by atoms with Crippen molar-refractivity contribution in [3.05, 3.63) is 172 Å². The van der Waals surface area contributed by atoms with Crippen LogP contribution in [-0.4, -0.2) is 22.6 Å². The molecule has 1 unspecified atom stereocenters. The Labute approximate surface area is 275 Å². The smallest absolute Gasteiger partial charge is 0.276 e. The van der Waals surface area contributed by atoms with E-state index in [0.29, 0.717) is 16.9 Å². The number of amides is 3. The Balaban J connectivity index is 1.36. The first-order valence-electron chi connectivity index (χ1n) is 14.6. The highest BCUT2D eigenvalue weighted by molar-refractivity contribution is 8.00. The maximum Gasteiger partial charge on any atom is 0.276 e. The molecule has 0 saturated heterocycles. The standard InChI is InChI=1S/C37H30N4O5S/c1-25-11-10-17-30(23-25)39-37(44)34(26-12-4-2-5-13-26)47-31-21-19-29(20-22-31)38-36(43)32(40-35(42)27-14-6-3-7-15-27)24-28-16-8-9-18-33(28)41(45)46/h2-24,34H,1H3,(H,38,43)(H,39,44)(H,40,42)/b32-24-. The van der Waals surface area contributed by atoms with Crippen molar-refractivity contribution < 1.29 is 19.3 Å². The summed E-state index contributed by atoms with van der Waals surface area (Å²) in [5.41, 5.74) is 3.06. The Morgan fingerprint density at radius 2 is 1.40 bits per heavy atom. The molecule has 0 radical (unpaired) electrons. The second-order valence-electron chi connectivity index (χ2n) is 10.4. The average molecular weight is 643 g/mol. The van der Waals surface area contributed by atoms with E-state index in [1.54, 1.807) is 60.7 Å². The lowest BCUT2D eigenvalue weighted by Gasteiger charge is -2.18. The number of thioether (sulfide) groups is 1. The van der Waals surface area contributed by atoms with E-state index in [0.717, 1.165) is 16.0 Å². The Kier molecular flexibility index (Phi) is 10.6. The first-order valence-corrected chi connectivity index (χ1v) is 15.5. The fourth-order valence-electron chi connectivity index (χ4n) is 4.66. The van der Waals surface area contributed by atoms with Crippen molar-refractivity contribution in [1.82, 2.24) is 5.32 Å². The van der Waals surface area contributed by atoms with Gasteiger partial charge in [0.05, 0.1) is 10.5 Å². The SMILES string of the molecule is Cc1cccc(NC(=O)C(Sc2ccc(NC(=O)/C(=C/c3ccccc3[N+](=O)[O-])NC(=O)c3ccccc3)cc2)c2ccccc2)c1. The summed E-state index contributed by atoms with van der Waals surface area (Å²) in [5, 5.41) is 19.4. The predicted octanol–water partition coefficient (Wildman–Crippen LogP) is 7.78. The molecule has 0 aliphatic heterocycles. The van der Waals surface area contributed by atoms with Gasteiger partial charge in [0.2, 0.25) is 5.91 Å². The van der Waals surface area contributed by atoms with Crippen molar-refractivity contribution in [3.63, 3.8) is 0 Å². The quantitative estimate of drug-likeness (QED) is 0.0584. The first-order chi connectivity index (χ1) is 22.8. The second-order valence-corrected chi connectivity index (χ2v) is 11.6. The molecule has 3 N–H and O–H groups in total. The van der Waals surface area contributed by atoms with Crippen molar-refractivity contribution in [2.75, 3.05) is 10.6 Å². The van der Waals surface area contributed by atoms with Crippen LogP contribution in [0, 0.1) is 17.0 Å². The van der Waals surface area contributed by atoms with Crippen LogP contribution in [0.25, 0.3) is 6.08 Å². The third-order valence-electron chi connectivity index (χ3n) is 6.95. The van der Waals surface area contributed by atoms with E-state index in [1.165, 1.54) is 36.0 Å². The number of para-hydroxylation sites is 1. The van der Waals surface area contributed by atoms with Gasteiger partial charge < -0.3 is 16.0 Å². The number of hydrogen-bond donors (Lipinski definition) is 3. The van der Waals surface area contributed by atoms with Crippen molar-refractivity contribution in [1.29, 1.82) is 0 Å². The lowest BCUT2D eigenvalue weighted by molar-refractivity contribution is -0.385. The number of anilines is 2. The summed E-state index contributed by atoms with van der Waals surface area (Å²) in [5.74, 6) is -1.40. The molecule has 9 nitrogen and oxygen atoms in total. The Morgan fingerprint density at radius 1 is 0.745 bits per heavy atom. The highest BCUT2D eigenvalue weighted by Crippen LogP contribution is 2.37. The summed E-state index contributed by atoms with van der Waals surface area (Å²) in [4.78, 5) is 51.7. The van der Waals surface area contributed by atoms with E-state index in [4.69, 9.17) is 0 Å². The number of nitrogens with one attached hydrogen (secondary N) is 3. The van der Waals surface area contributed by atoms with Crippen LogP contribution in [0.1, 0.15) is 32.3 Å². The Bertz CT molecular complexity index is 1930. The third kappa shape index (κ3) is 8.80. The van der Waals surface area contributed by atoms with Crippen LogP contribution in [0.2, 0.25) is 0 Å². The first kappa shape index (κ1) is 32.4. The minimum atomic E-state index is -0.674. The van der Waals surface area contributed by atoms with E-state index in [2.05, 4.69) is 16.0 Å². The van der Waals surface area contributed by atoms with E-state index in [1.807, 2.05) is 61.5 Å². The van der Waals surface area contributed by atoms with Crippen molar-refractivity contribution in [3.8, 4) is 0 Å². The van der Waals surface area contributed by atoms with Crippen molar-refractivity contribution in [2.24, 2.45) is 0 Å². The van der Waals surface area contributed by atoms with Gasteiger partial charge in [-0.3, -0.25) is 24.5 Å². The minimum Gasteiger partial charge on any atom is -0.325 e. The second kappa shape index (κ2) is 15.3. The molecular formula is C37H30N4O5S. The number of benzene rings is 5. The van der Waals surface area contributed by atoms with Gasteiger partial charge in [-0.1, -0.05) is 72.8 Å². The number of carbonyl (C=O) groups excluding carboxylic acids is 3. The molecule has 0 fully saturated rings. The van der Waals surface area contributed by atoms with Crippen LogP contribution in [0.15, 0.2) is 144 Å². The number of nitro groups is 1. The Morgan fingerprint density at radius 3 is 2.09 bits per heavy atom. The third-order valence-corrected chi connectivity index (χ3v) is 8.22. The van der Waals surface area contributed by atoms with Crippen LogP contribution in [0.4, 0.5) is 17.1 Å². The van der Waals surface area contributed by atoms with E-state index >= 15 is 0 Å². The molecular weight excluding hydrogens is 612 g/mol. The fourth-order valence-corrected chi connectivity index (χ4v) is 5.68. The lowest BCUT2D eigenvalue weighted by atomic mass is 10.1. The molecule has 234 valence electrons. The van der Waals surface area contributed by atoms with Crippen LogP contribution in [-0.2, 0) is 9.59 Å². The number of nitro benzene ring substituents is 1. The molecule has 1 atom stereocenters. The molecule has 0 spiro atoms. The number of aryl methyl sites for hydroxylation is 1. The van der Waals surface area contributed by atoms with Gasteiger partial charge in [-0.15, -0.1) is 11.8 Å².